The van der Waals surface area contributed by atoms with Gasteiger partial charge in [-0.25, -0.2) is 0 Å². The molecule has 2 aromatic rings. The van der Waals surface area contributed by atoms with Crippen LogP contribution in [0.3, 0.4) is 0 Å². The summed E-state index contributed by atoms with van der Waals surface area (Å²) in [5.74, 6) is -0.648. The standard InChI is InChI=1S/C18H11BrCl2N2O3S2/c19-11-3-1-10(2-4-11)7-15-17(25)23(18(27)28-15)22-16(24)9-26-14-6-5-12(20)8-13(14)21/h1-8H,9H2,(H,22,24)/b15-7-. The Morgan fingerprint density at radius 3 is 2.64 bits per heavy atom. The first-order valence-corrected chi connectivity index (χ1v) is 10.5. The van der Waals surface area contributed by atoms with E-state index < -0.39 is 11.8 Å². The fourth-order valence-electron chi connectivity index (χ4n) is 2.17. The Hall–Kier alpha value is -1.58. The molecule has 1 aliphatic rings. The number of amides is 2. The lowest BCUT2D eigenvalue weighted by Crippen LogP contribution is -2.46. The Labute approximate surface area is 189 Å². The predicted molar refractivity (Wildman–Crippen MR) is 119 cm³/mol. The first-order chi connectivity index (χ1) is 13.3. The first kappa shape index (κ1) is 21.1. The molecule has 0 atom stereocenters. The molecule has 28 heavy (non-hydrogen) atoms. The summed E-state index contributed by atoms with van der Waals surface area (Å²) in [7, 11) is 0. The monoisotopic (exact) mass is 516 g/mol. The third kappa shape index (κ3) is 5.27. The zero-order chi connectivity index (χ0) is 20.3. The van der Waals surface area contributed by atoms with E-state index in [0.29, 0.717) is 15.7 Å². The van der Waals surface area contributed by atoms with Crippen molar-refractivity contribution in [2.45, 2.75) is 0 Å². The summed E-state index contributed by atoms with van der Waals surface area (Å²) in [5.41, 5.74) is 3.29. The van der Waals surface area contributed by atoms with Crippen molar-refractivity contribution in [3.63, 3.8) is 0 Å². The minimum atomic E-state index is -0.549. The van der Waals surface area contributed by atoms with Crippen molar-refractivity contribution in [2.24, 2.45) is 0 Å². The molecule has 1 saturated heterocycles. The van der Waals surface area contributed by atoms with E-state index in [2.05, 4.69) is 21.4 Å². The summed E-state index contributed by atoms with van der Waals surface area (Å²) in [5, 5.41) is 1.76. The van der Waals surface area contributed by atoms with Gasteiger partial charge in [0.25, 0.3) is 11.8 Å². The van der Waals surface area contributed by atoms with Crippen LogP contribution in [0.4, 0.5) is 0 Å². The van der Waals surface area contributed by atoms with Crippen LogP contribution in [-0.4, -0.2) is 27.8 Å². The normalized spacial score (nSPS) is 15.2. The van der Waals surface area contributed by atoms with Crippen molar-refractivity contribution < 1.29 is 14.3 Å². The van der Waals surface area contributed by atoms with E-state index in [1.807, 2.05) is 24.3 Å². The summed E-state index contributed by atoms with van der Waals surface area (Å²) in [6.45, 7) is -0.343. The molecule has 2 amide bonds. The van der Waals surface area contributed by atoms with Crippen molar-refractivity contribution in [1.29, 1.82) is 0 Å². The lowest BCUT2D eigenvalue weighted by Gasteiger charge is -2.16. The molecule has 1 fully saturated rings. The quantitative estimate of drug-likeness (QED) is 0.443. The molecular formula is C18H11BrCl2N2O3S2. The van der Waals surface area contributed by atoms with Crippen molar-refractivity contribution in [2.75, 3.05) is 6.61 Å². The molecule has 2 aromatic carbocycles. The number of rotatable bonds is 5. The van der Waals surface area contributed by atoms with Gasteiger partial charge < -0.3 is 4.74 Å². The van der Waals surface area contributed by atoms with Gasteiger partial charge in [0.1, 0.15) is 5.75 Å². The number of carbonyl (C=O) groups excluding carboxylic acids is 2. The molecule has 1 N–H and O–H groups in total. The van der Waals surface area contributed by atoms with Crippen LogP contribution >= 0.6 is 63.1 Å². The number of ether oxygens (including phenoxy) is 1. The second kappa shape index (κ2) is 9.28. The maximum atomic E-state index is 12.5. The lowest BCUT2D eigenvalue weighted by molar-refractivity contribution is -0.134. The third-order valence-electron chi connectivity index (χ3n) is 3.45. The SMILES string of the molecule is O=C(COc1ccc(Cl)cc1Cl)NN1C(=O)/C(=C/c2ccc(Br)cc2)SC1=S. The molecular weight excluding hydrogens is 507 g/mol. The molecule has 1 heterocycles. The highest BCUT2D eigenvalue weighted by Gasteiger charge is 2.33. The number of nitrogens with one attached hydrogen (secondary N) is 1. The number of hydrogen-bond acceptors (Lipinski definition) is 5. The summed E-state index contributed by atoms with van der Waals surface area (Å²) >= 11 is 21.5. The van der Waals surface area contributed by atoms with Crippen molar-refractivity contribution in [3.05, 3.63) is 67.5 Å². The largest absolute Gasteiger partial charge is 0.482 e. The van der Waals surface area contributed by atoms with Crippen LogP contribution in [0.1, 0.15) is 5.56 Å². The molecule has 0 radical (unpaired) electrons. The van der Waals surface area contributed by atoms with E-state index in [-0.39, 0.29) is 16.0 Å². The molecule has 0 bridgehead atoms. The van der Waals surface area contributed by atoms with E-state index in [9.17, 15) is 9.59 Å². The zero-order valence-electron chi connectivity index (χ0n) is 13.9. The van der Waals surface area contributed by atoms with E-state index in [1.54, 1.807) is 18.2 Å². The molecule has 10 heteroatoms. The molecule has 0 saturated carbocycles. The number of hydrazine groups is 1. The molecule has 0 aliphatic carbocycles. The number of halogens is 3. The Balaban J connectivity index is 1.62. The van der Waals surface area contributed by atoms with E-state index in [4.69, 9.17) is 40.2 Å². The van der Waals surface area contributed by atoms with Crippen LogP contribution in [0.5, 0.6) is 5.75 Å². The Morgan fingerprint density at radius 1 is 1.25 bits per heavy atom. The van der Waals surface area contributed by atoms with Gasteiger partial charge in [-0.2, -0.15) is 5.01 Å². The topological polar surface area (TPSA) is 58.6 Å². The number of thioether (sulfide) groups is 1. The number of carbonyl (C=O) groups is 2. The van der Waals surface area contributed by atoms with E-state index in [1.165, 1.54) is 6.07 Å². The number of hydrogen-bond donors (Lipinski definition) is 1. The zero-order valence-corrected chi connectivity index (χ0v) is 18.7. The highest BCUT2D eigenvalue weighted by atomic mass is 79.9. The Bertz CT molecular complexity index is 983. The summed E-state index contributed by atoms with van der Waals surface area (Å²) in [6.07, 6.45) is 1.71. The minimum Gasteiger partial charge on any atom is -0.482 e. The van der Waals surface area contributed by atoms with Crippen molar-refractivity contribution in [3.8, 4) is 5.75 Å². The van der Waals surface area contributed by atoms with Gasteiger partial charge in [0.2, 0.25) is 0 Å². The minimum absolute atomic E-state index is 0.228. The average molecular weight is 518 g/mol. The lowest BCUT2D eigenvalue weighted by atomic mass is 10.2. The molecule has 5 nitrogen and oxygen atoms in total. The van der Waals surface area contributed by atoms with E-state index in [0.717, 1.165) is 26.8 Å². The second-order valence-corrected chi connectivity index (χ2v) is 8.90. The van der Waals surface area contributed by atoms with Gasteiger partial charge in [-0.15, -0.1) is 0 Å². The number of nitrogens with zero attached hydrogens (tertiary/aromatic N) is 1. The van der Waals surface area contributed by atoms with Crippen LogP contribution in [0.25, 0.3) is 6.08 Å². The fourth-order valence-corrected chi connectivity index (χ4v) is 4.07. The molecule has 3 rings (SSSR count). The van der Waals surface area contributed by atoms with Gasteiger partial charge in [-0.05, 0) is 54.2 Å². The molecule has 1 aliphatic heterocycles. The van der Waals surface area contributed by atoms with Gasteiger partial charge >= 0.3 is 0 Å². The highest BCUT2D eigenvalue weighted by molar-refractivity contribution is 9.10. The third-order valence-corrected chi connectivity index (χ3v) is 5.81. The number of thiocarbonyl (C=S) groups is 1. The van der Waals surface area contributed by atoms with Crippen molar-refractivity contribution >= 4 is 85.3 Å². The maximum Gasteiger partial charge on any atom is 0.285 e. The predicted octanol–water partition coefficient (Wildman–Crippen LogP) is 5.07. The van der Waals surface area contributed by atoms with Gasteiger partial charge in [-0.1, -0.05) is 63.0 Å². The molecule has 144 valence electrons. The van der Waals surface area contributed by atoms with Gasteiger partial charge in [0.15, 0.2) is 10.9 Å². The summed E-state index contributed by atoms with van der Waals surface area (Å²) < 4.78 is 6.52. The van der Waals surface area contributed by atoms with Gasteiger partial charge in [0, 0.05) is 9.50 Å². The molecule has 0 aromatic heterocycles. The van der Waals surface area contributed by atoms with Gasteiger partial charge in [-0.3, -0.25) is 15.0 Å². The maximum absolute atomic E-state index is 12.5. The van der Waals surface area contributed by atoms with E-state index >= 15 is 0 Å². The summed E-state index contributed by atoms with van der Waals surface area (Å²) in [6, 6.07) is 12.1. The Morgan fingerprint density at radius 2 is 1.96 bits per heavy atom. The number of benzene rings is 2. The van der Waals surface area contributed by atoms with Crippen LogP contribution < -0.4 is 10.2 Å². The first-order valence-electron chi connectivity index (χ1n) is 7.74. The van der Waals surface area contributed by atoms with Crippen LogP contribution in [-0.2, 0) is 9.59 Å². The molecule has 0 spiro atoms. The van der Waals surface area contributed by atoms with Crippen LogP contribution in [0.2, 0.25) is 10.0 Å². The van der Waals surface area contributed by atoms with Crippen LogP contribution in [0, 0.1) is 0 Å². The second-order valence-electron chi connectivity index (χ2n) is 5.47. The smallest absolute Gasteiger partial charge is 0.285 e. The van der Waals surface area contributed by atoms with Gasteiger partial charge in [0.05, 0.1) is 9.93 Å². The average Bonchev–Trinajstić information content (AvgIpc) is 2.90. The highest BCUT2D eigenvalue weighted by Crippen LogP contribution is 2.31. The van der Waals surface area contributed by atoms with Crippen molar-refractivity contribution in [1.82, 2.24) is 10.4 Å². The fraction of sp³-hybridized carbons (Fsp3) is 0.0556. The van der Waals surface area contributed by atoms with Crippen LogP contribution in [0.15, 0.2) is 51.8 Å². The summed E-state index contributed by atoms with van der Waals surface area (Å²) in [4.78, 5) is 25.1. The molecule has 0 unspecified atom stereocenters. The Kier molecular flexibility index (Phi) is 7.00.